The van der Waals surface area contributed by atoms with Crippen LogP contribution in [-0.2, 0) is 10.0 Å². The third-order valence-corrected chi connectivity index (χ3v) is 5.39. The predicted octanol–water partition coefficient (Wildman–Crippen LogP) is 2.90. The molecule has 0 unspecified atom stereocenters. The quantitative estimate of drug-likeness (QED) is 0.531. The number of hydrogen-bond acceptors (Lipinski definition) is 7. The monoisotopic (exact) mass is 401 g/mol. The number of anilines is 4. The lowest BCUT2D eigenvalue weighted by molar-refractivity contribution is 0.598. The molecule has 0 spiro atoms. The molecule has 3 rings (SSSR count). The van der Waals surface area contributed by atoms with Crippen molar-refractivity contribution in [3.05, 3.63) is 48.5 Å². The van der Waals surface area contributed by atoms with Gasteiger partial charge in [-0.1, -0.05) is 0 Å². The third-order valence-electron chi connectivity index (χ3n) is 4.08. The maximum Gasteiger partial charge on any atom is 0.278 e. The van der Waals surface area contributed by atoms with E-state index < -0.39 is 10.0 Å². The molecule has 2 heterocycles. The number of nitrogens with one attached hydrogen (secondary N) is 3. The van der Waals surface area contributed by atoms with Gasteiger partial charge < -0.3 is 15.2 Å². The van der Waals surface area contributed by atoms with Crippen LogP contribution in [0.4, 0.5) is 23.1 Å². The van der Waals surface area contributed by atoms with Gasteiger partial charge in [0.15, 0.2) is 5.03 Å². The number of hydrogen-bond donors (Lipinski definition) is 3. The van der Waals surface area contributed by atoms with Crippen LogP contribution in [0.5, 0.6) is 0 Å². The number of H-pyrrole nitrogens is 1. The van der Waals surface area contributed by atoms with Crippen molar-refractivity contribution in [2.75, 3.05) is 28.0 Å². The maximum atomic E-state index is 12.2. The molecule has 10 heteroatoms. The molecule has 0 saturated heterocycles. The van der Waals surface area contributed by atoms with E-state index in [0.29, 0.717) is 11.6 Å². The molecule has 0 amide bonds. The van der Waals surface area contributed by atoms with Gasteiger partial charge in [0.25, 0.3) is 10.0 Å². The van der Waals surface area contributed by atoms with Gasteiger partial charge in [0.1, 0.15) is 5.82 Å². The molecule has 148 valence electrons. The highest BCUT2D eigenvalue weighted by Gasteiger charge is 2.15. The topological polar surface area (TPSA) is 116 Å². The molecule has 0 saturated carbocycles. The van der Waals surface area contributed by atoms with Crippen molar-refractivity contribution in [2.45, 2.75) is 25.8 Å². The van der Waals surface area contributed by atoms with Crippen LogP contribution in [0.1, 0.15) is 19.5 Å². The molecule has 9 nitrogen and oxygen atoms in total. The Kier molecular flexibility index (Phi) is 5.78. The summed E-state index contributed by atoms with van der Waals surface area (Å²) in [4.78, 5) is 17.4. The Hall–Kier alpha value is -3.14. The first-order valence-corrected chi connectivity index (χ1v) is 10.4. The molecule has 2 aromatic heterocycles. The van der Waals surface area contributed by atoms with E-state index in [0.717, 1.165) is 30.3 Å². The molecule has 3 aromatic rings. The van der Waals surface area contributed by atoms with Crippen LogP contribution < -0.4 is 14.9 Å². The Morgan fingerprint density at radius 3 is 2.36 bits per heavy atom. The van der Waals surface area contributed by atoms with Crippen molar-refractivity contribution < 1.29 is 8.42 Å². The van der Waals surface area contributed by atoms with Gasteiger partial charge in [-0.05, 0) is 45.0 Å². The van der Waals surface area contributed by atoms with Crippen LogP contribution >= 0.6 is 0 Å². The Bertz CT molecular complexity index is 1010. The number of rotatable bonds is 8. The summed E-state index contributed by atoms with van der Waals surface area (Å²) in [5.74, 6) is 1.36. The lowest BCUT2D eigenvalue weighted by atomic mass is 10.3. The lowest BCUT2D eigenvalue weighted by Crippen LogP contribution is -2.23. The largest absolute Gasteiger partial charge is 0.357 e. The van der Waals surface area contributed by atoms with Crippen LogP contribution in [0.2, 0.25) is 0 Å². The highest BCUT2D eigenvalue weighted by Crippen LogP contribution is 2.21. The fourth-order valence-corrected chi connectivity index (χ4v) is 3.63. The van der Waals surface area contributed by atoms with E-state index in [-0.39, 0.29) is 5.03 Å². The first-order valence-electron chi connectivity index (χ1n) is 8.90. The number of aromatic nitrogens is 4. The average Bonchev–Trinajstić information content (AvgIpc) is 3.20. The second kappa shape index (κ2) is 8.26. The molecule has 0 radical (unpaired) electrons. The van der Waals surface area contributed by atoms with Crippen LogP contribution in [0.25, 0.3) is 0 Å². The van der Waals surface area contributed by atoms with Crippen molar-refractivity contribution in [3.63, 3.8) is 0 Å². The summed E-state index contributed by atoms with van der Waals surface area (Å²) in [6, 6.07) is 8.79. The van der Waals surface area contributed by atoms with Crippen molar-refractivity contribution >= 4 is 33.2 Å². The Balaban J connectivity index is 1.74. The molecule has 0 aliphatic carbocycles. The summed E-state index contributed by atoms with van der Waals surface area (Å²) in [6.07, 6.45) is 2.57. The van der Waals surface area contributed by atoms with Crippen LogP contribution in [-0.4, -0.2) is 41.4 Å². The fourth-order valence-electron chi connectivity index (χ4n) is 2.67. The van der Waals surface area contributed by atoms with Gasteiger partial charge in [-0.25, -0.2) is 9.97 Å². The number of benzene rings is 1. The molecule has 3 N–H and O–H groups in total. The fraction of sp³-hybridized carbons (Fsp3) is 0.278. The number of imidazole rings is 1. The highest BCUT2D eigenvalue weighted by atomic mass is 32.2. The third kappa shape index (κ3) is 4.58. The molecular formula is C18H23N7O2S. The zero-order valence-electron chi connectivity index (χ0n) is 16.0. The molecule has 0 aliphatic heterocycles. The molecule has 1 aromatic carbocycles. The van der Waals surface area contributed by atoms with Crippen LogP contribution in [0.3, 0.4) is 0 Å². The SMILES string of the molecule is CCN(CC)c1cc(C)nc(Nc2ccc(NS(=O)(=O)c3cnc[nH]3)cc2)n1. The van der Waals surface area contributed by atoms with E-state index >= 15 is 0 Å². The minimum absolute atomic E-state index is 0.00629. The molecule has 28 heavy (non-hydrogen) atoms. The van der Waals surface area contributed by atoms with Crippen molar-refractivity contribution in [3.8, 4) is 0 Å². The second-order valence-electron chi connectivity index (χ2n) is 6.09. The Morgan fingerprint density at radius 2 is 1.75 bits per heavy atom. The van der Waals surface area contributed by atoms with Gasteiger partial charge in [0, 0.05) is 36.2 Å². The van der Waals surface area contributed by atoms with Crippen LogP contribution in [0.15, 0.2) is 47.9 Å². The van der Waals surface area contributed by atoms with E-state index in [4.69, 9.17) is 0 Å². The van der Waals surface area contributed by atoms with Crippen LogP contribution in [0, 0.1) is 6.92 Å². The number of nitrogens with zero attached hydrogens (tertiary/aromatic N) is 4. The van der Waals surface area contributed by atoms with Crippen molar-refractivity contribution in [1.29, 1.82) is 0 Å². The maximum absolute atomic E-state index is 12.2. The van der Waals surface area contributed by atoms with Gasteiger partial charge in [-0.15, -0.1) is 0 Å². The minimum atomic E-state index is -3.69. The molecule has 0 aliphatic rings. The van der Waals surface area contributed by atoms with E-state index in [2.05, 4.69) is 48.7 Å². The summed E-state index contributed by atoms with van der Waals surface area (Å²) in [5, 5.41) is 3.17. The van der Waals surface area contributed by atoms with Crippen molar-refractivity contribution in [1.82, 2.24) is 19.9 Å². The molecule has 0 bridgehead atoms. The minimum Gasteiger partial charge on any atom is -0.357 e. The van der Waals surface area contributed by atoms with E-state index in [1.165, 1.54) is 12.5 Å². The summed E-state index contributed by atoms with van der Waals surface area (Å²) in [7, 11) is -3.69. The lowest BCUT2D eigenvalue weighted by Gasteiger charge is -2.20. The van der Waals surface area contributed by atoms with E-state index in [1.54, 1.807) is 24.3 Å². The van der Waals surface area contributed by atoms with Gasteiger partial charge in [-0.2, -0.15) is 13.4 Å². The van der Waals surface area contributed by atoms with Gasteiger partial charge in [0.2, 0.25) is 5.95 Å². The van der Waals surface area contributed by atoms with Gasteiger partial charge >= 0.3 is 0 Å². The predicted molar refractivity (Wildman–Crippen MR) is 109 cm³/mol. The standard InChI is InChI=1S/C18H23N7O2S/c1-4-25(5-2)16-10-13(3)21-18(23-16)22-14-6-8-15(9-7-14)24-28(26,27)17-11-19-12-20-17/h6-12,24H,4-5H2,1-3H3,(H,19,20)(H,21,22,23). The first-order chi connectivity index (χ1) is 13.4. The molecular weight excluding hydrogens is 378 g/mol. The Labute approximate surface area is 164 Å². The summed E-state index contributed by atoms with van der Waals surface area (Å²) in [6.45, 7) is 7.80. The summed E-state index contributed by atoms with van der Waals surface area (Å²) in [5.41, 5.74) is 2.05. The smallest absolute Gasteiger partial charge is 0.278 e. The van der Waals surface area contributed by atoms with Crippen molar-refractivity contribution in [2.24, 2.45) is 0 Å². The normalized spacial score (nSPS) is 11.2. The van der Waals surface area contributed by atoms with E-state index in [1.807, 2.05) is 13.0 Å². The summed E-state index contributed by atoms with van der Waals surface area (Å²) < 4.78 is 26.9. The van der Waals surface area contributed by atoms with Gasteiger partial charge in [0.05, 0.1) is 12.5 Å². The molecule has 0 atom stereocenters. The first kappa shape index (κ1) is 19.6. The average molecular weight is 401 g/mol. The number of aryl methyl sites for hydroxylation is 1. The second-order valence-corrected chi connectivity index (χ2v) is 7.74. The zero-order chi connectivity index (χ0) is 20.1. The zero-order valence-corrected chi connectivity index (χ0v) is 16.8. The summed E-state index contributed by atoms with van der Waals surface area (Å²) >= 11 is 0. The number of sulfonamides is 1. The number of aromatic amines is 1. The molecule has 0 fully saturated rings. The Morgan fingerprint density at radius 1 is 1.07 bits per heavy atom. The van der Waals surface area contributed by atoms with Gasteiger partial charge in [-0.3, -0.25) is 4.72 Å². The highest BCUT2D eigenvalue weighted by molar-refractivity contribution is 7.92. The van der Waals surface area contributed by atoms with E-state index in [9.17, 15) is 8.42 Å².